The van der Waals surface area contributed by atoms with Crippen molar-refractivity contribution in [2.75, 3.05) is 26.3 Å². The number of hydrogen-bond acceptors (Lipinski definition) is 6. The van der Waals surface area contributed by atoms with Gasteiger partial charge in [0.25, 0.3) is 11.8 Å². The number of hydrogen-bond donors (Lipinski definition) is 2. The molecule has 1 saturated heterocycles. The van der Waals surface area contributed by atoms with Crippen LogP contribution in [0.1, 0.15) is 27.0 Å². The Morgan fingerprint density at radius 2 is 1.78 bits per heavy atom. The van der Waals surface area contributed by atoms with E-state index >= 15 is 0 Å². The molecule has 0 saturated carbocycles. The number of halogens is 1. The van der Waals surface area contributed by atoms with Gasteiger partial charge in [0.05, 0.1) is 6.61 Å². The van der Waals surface area contributed by atoms with E-state index in [-0.39, 0.29) is 12.4 Å². The molecule has 8 nitrogen and oxygen atoms in total. The summed E-state index contributed by atoms with van der Waals surface area (Å²) in [5.74, 6) is -0.570. The van der Waals surface area contributed by atoms with Crippen LogP contribution in [-0.2, 0) is 20.9 Å². The molecule has 1 aliphatic rings. The maximum Gasteiger partial charge on any atom is 0.276 e. The number of nitrogens with zero attached hydrogens (tertiary/aromatic N) is 1. The van der Waals surface area contributed by atoms with Crippen molar-refractivity contribution in [3.8, 4) is 5.75 Å². The Hall–Kier alpha value is -3.53. The van der Waals surface area contributed by atoms with Crippen LogP contribution in [0, 0.1) is 6.92 Å². The molecular formula is C28H28BrN3O5. The van der Waals surface area contributed by atoms with E-state index in [1.807, 2.05) is 36.4 Å². The molecule has 3 aromatic rings. The molecule has 37 heavy (non-hydrogen) atoms. The number of nitrogens with one attached hydrogen (secondary N) is 2. The van der Waals surface area contributed by atoms with Gasteiger partial charge in [-0.1, -0.05) is 58.4 Å². The number of ether oxygens (including phenoxy) is 2. The number of ketones is 1. The molecule has 0 spiro atoms. The first-order chi connectivity index (χ1) is 17.9. The van der Waals surface area contributed by atoms with E-state index in [0.717, 1.165) is 23.1 Å². The molecule has 0 radical (unpaired) electrons. The van der Waals surface area contributed by atoms with Crippen LogP contribution in [0.25, 0.3) is 0 Å². The first-order valence-electron chi connectivity index (χ1n) is 11.9. The van der Waals surface area contributed by atoms with E-state index in [1.165, 1.54) is 0 Å². The van der Waals surface area contributed by atoms with Gasteiger partial charge in [-0.3, -0.25) is 30.1 Å². The Bertz CT molecular complexity index is 1270. The number of aryl methyl sites for hydroxylation is 1. The van der Waals surface area contributed by atoms with Crippen LogP contribution in [0.3, 0.4) is 0 Å². The zero-order valence-electron chi connectivity index (χ0n) is 20.4. The van der Waals surface area contributed by atoms with Gasteiger partial charge in [-0.15, -0.1) is 0 Å². The lowest BCUT2D eigenvalue weighted by molar-refractivity contribution is -0.142. The number of rotatable bonds is 8. The molecule has 2 amide bonds. The monoisotopic (exact) mass is 565 g/mol. The highest BCUT2D eigenvalue weighted by Gasteiger charge is 2.27. The van der Waals surface area contributed by atoms with Gasteiger partial charge in [-0.05, 0) is 48.4 Å². The summed E-state index contributed by atoms with van der Waals surface area (Å²) in [5.41, 5.74) is 7.76. The minimum Gasteiger partial charge on any atom is -0.483 e. The van der Waals surface area contributed by atoms with Crippen LogP contribution < -0.4 is 15.6 Å². The highest BCUT2D eigenvalue weighted by atomic mass is 79.9. The predicted octanol–water partition coefficient (Wildman–Crippen LogP) is 3.42. The van der Waals surface area contributed by atoms with Crippen LogP contribution in [0.15, 0.2) is 77.3 Å². The zero-order chi connectivity index (χ0) is 26.2. The Labute approximate surface area is 224 Å². The van der Waals surface area contributed by atoms with Crippen LogP contribution in [0.2, 0.25) is 0 Å². The first kappa shape index (κ1) is 26.5. The third kappa shape index (κ3) is 7.48. The predicted molar refractivity (Wildman–Crippen MR) is 142 cm³/mol. The standard InChI is InChI=1S/C28H28BrN3O5/c1-19-14-22(27(34)21-8-5-9-23(29)15-21)10-11-24(19)37-18-26(33)30-31-28(35)25-17-32(12-13-36-25)16-20-6-3-2-4-7-20/h2-11,14-15,25H,12-13,16-18H2,1H3,(H,30,33)(H,31,35). The molecule has 0 bridgehead atoms. The third-order valence-electron chi connectivity index (χ3n) is 5.90. The smallest absolute Gasteiger partial charge is 0.276 e. The zero-order valence-corrected chi connectivity index (χ0v) is 22.0. The number of amides is 2. The second-order valence-corrected chi connectivity index (χ2v) is 9.64. The molecule has 192 valence electrons. The molecule has 1 aliphatic heterocycles. The third-order valence-corrected chi connectivity index (χ3v) is 6.39. The summed E-state index contributed by atoms with van der Waals surface area (Å²) in [4.78, 5) is 39.6. The fourth-order valence-corrected chi connectivity index (χ4v) is 4.39. The highest BCUT2D eigenvalue weighted by molar-refractivity contribution is 9.10. The van der Waals surface area contributed by atoms with Crippen molar-refractivity contribution in [1.29, 1.82) is 0 Å². The van der Waals surface area contributed by atoms with E-state index in [4.69, 9.17) is 9.47 Å². The Balaban J connectivity index is 1.23. The number of benzene rings is 3. The van der Waals surface area contributed by atoms with Gasteiger partial charge >= 0.3 is 0 Å². The van der Waals surface area contributed by atoms with Crippen LogP contribution in [0.4, 0.5) is 0 Å². The van der Waals surface area contributed by atoms with E-state index in [1.54, 1.807) is 43.3 Å². The molecule has 4 rings (SSSR count). The van der Waals surface area contributed by atoms with Gasteiger partial charge < -0.3 is 9.47 Å². The lowest BCUT2D eigenvalue weighted by Crippen LogP contribution is -2.54. The van der Waals surface area contributed by atoms with Crippen LogP contribution in [-0.4, -0.2) is 54.9 Å². The van der Waals surface area contributed by atoms with Crippen molar-refractivity contribution < 1.29 is 23.9 Å². The maximum atomic E-state index is 12.7. The lowest BCUT2D eigenvalue weighted by Gasteiger charge is -2.32. The van der Waals surface area contributed by atoms with Gasteiger partial charge in [0, 0.05) is 35.2 Å². The summed E-state index contributed by atoms with van der Waals surface area (Å²) in [7, 11) is 0. The van der Waals surface area contributed by atoms with E-state index in [2.05, 4.69) is 31.7 Å². The Morgan fingerprint density at radius 1 is 1.00 bits per heavy atom. The van der Waals surface area contributed by atoms with E-state index in [0.29, 0.717) is 35.6 Å². The van der Waals surface area contributed by atoms with Crippen molar-refractivity contribution in [2.24, 2.45) is 0 Å². The average molecular weight is 566 g/mol. The number of carbonyl (C=O) groups is 3. The van der Waals surface area contributed by atoms with Gasteiger partial charge in [0.2, 0.25) is 0 Å². The number of morpholine rings is 1. The molecule has 1 unspecified atom stereocenters. The molecule has 1 heterocycles. The second kappa shape index (κ2) is 12.6. The van der Waals surface area contributed by atoms with Crippen LogP contribution >= 0.6 is 15.9 Å². The molecule has 3 aromatic carbocycles. The fourth-order valence-electron chi connectivity index (χ4n) is 3.99. The highest BCUT2D eigenvalue weighted by Crippen LogP contribution is 2.22. The molecule has 0 aliphatic carbocycles. The molecule has 9 heteroatoms. The van der Waals surface area contributed by atoms with Crippen molar-refractivity contribution >= 4 is 33.5 Å². The summed E-state index contributed by atoms with van der Waals surface area (Å²) in [6, 6.07) is 22.2. The molecular weight excluding hydrogens is 538 g/mol. The van der Waals surface area contributed by atoms with Gasteiger partial charge in [-0.25, -0.2) is 0 Å². The van der Waals surface area contributed by atoms with E-state index < -0.39 is 17.9 Å². The minimum absolute atomic E-state index is 0.108. The Morgan fingerprint density at radius 3 is 2.54 bits per heavy atom. The molecule has 2 N–H and O–H groups in total. The van der Waals surface area contributed by atoms with Crippen molar-refractivity contribution in [3.63, 3.8) is 0 Å². The normalized spacial score (nSPS) is 15.6. The minimum atomic E-state index is -0.684. The summed E-state index contributed by atoms with van der Waals surface area (Å²) in [6.45, 7) is 3.81. The number of carbonyl (C=O) groups excluding carboxylic acids is 3. The van der Waals surface area contributed by atoms with Crippen LogP contribution in [0.5, 0.6) is 5.75 Å². The van der Waals surface area contributed by atoms with Crippen molar-refractivity contribution in [2.45, 2.75) is 19.6 Å². The molecule has 1 atom stereocenters. The Kier molecular flexibility index (Phi) is 9.05. The topological polar surface area (TPSA) is 97.0 Å². The van der Waals surface area contributed by atoms with Crippen molar-refractivity contribution in [3.05, 3.63) is 99.5 Å². The maximum absolute atomic E-state index is 12.7. The number of hydrazine groups is 1. The largest absolute Gasteiger partial charge is 0.483 e. The van der Waals surface area contributed by atoms with Gasteiger partial charge in [-0.2, -0.15) is 0 Å². The van der Waals surface area contributed by atoms with Gasteiger partial charge in [0.1, 0.15) is 5.75 Å². The second-order valence-electron chi connectivity index (χ2n) is 8.73. The quantitative estimate of drug-likeness (QED) is 0.321. The molecule has 1 fully saturated rings. The summed E-state index contributed by atoms with van der Waals surface area (Å²) < 4.78 is 12.0. The van der Waals surface area contributed by atoms with E-state index in [9.17, 15) is 14.4 Å². The first-order valence-corrected chi connectivity index (χ1v) is 12.7. The average Bonchev–Trinajstić information content (AvgIpc) is 2.91. The SMILES string of the molecule is Cc1cc(C(=O)c2cccc(Br)c2)ccc1OCC(=O)NNC(=O)C1CN(Cc2ccccc2)CCO1. The molecule has 0 aromatic heterocycles. The summed E-state index contributed by atoms with van der Waals surface area (Å²) in [6.07, 6.45) is -0.684. The van der Waals surface area contributed by atoms with Gasteiger partial charge in [0.15, 0.2) is 18.5 Å². The summed E-state index contributed by atoms with van der Waals surface area (Å²) >= 11 is 3.38. The summed E-state index contributed by atoms with van der Waals surface area (Å²) in [5, 5.41) is 0. The fraction of sp³-hybridized carbons (Fsp3) is 0.250. The lowest BCUT2D eigenvalue weighted by atomic mass is 10.0. The van der Waals surface area contributed by atoms with Crippen molar-refractivity contribution in [1.82, 2.24) is 15.8 Å².